The molecule has 2 aromatic rings. The first-order valence-corrected chi connectivity index (χ1v) is 12.4. The molecule has 1 N–H and O–H groups in total. The number of hydrogen-bond acceptors (Lipinski definition) is 4. The van der Waals surface area contributed by atoms with Gasteiger partial charge in [0.25, 0.3) is 0 Å². The number of hydrogen-bond donors (Lipinski definition) is 1. The van der Waals surface area contributed by atoms with Crippen LogP contribution in [-0.2, 0) is 26.2 Å². The van der Waals surface area contributed by atoms with Gasteiger partial charge in [0, 0.05) is 18.1 Å². The van der Waals surface area contributed by atoms with Gasteiger partial charge < -0.3 is 10.2 Å². The summed E-state index contributed by atoms with van der Waals surface area (Å²) >= 11 is 3.41. The van der Waals surface area contributed by atoms with Crippen LogP contribution in [0.15, 0.2) is 46.9 Å². The maximum Gasteiger partial charge on any atom is 0.244 e. The van der Waals surface area contributed by atoms with E-state index in [1.807, 2.05) is 44.2 Å². The van der Waals surface area contributed by atoms with Crippen LogP contribution in [0, 0.1) is 13.8 Å². The van der Waals surface area contributed by atoms with Crippen LogP contribution >= 0.6 is 15.9 Å². The lowest BCUT2D eigenvalue weighted by atomic mass is 10.1. The monoisotopic (exact) mass is 509 g/mol. The van der Waals surface area contributed by atoms with Crippen LogP contribution in [0.4, 0.5) is 5.69 Å². The van der Waals surface area contributed by atoms with Gasteiger partial charge in [-0.1, -0.05) is 34.1 Å². The maximum atomic E-state index is 13.3. The second kappa shape index (κ2) is 10.3. The van der Waals surface area contributed by atoms with Gasteiger partial charge in [0.1, 0.15) is 12.6 Å². The Morgan fingerprint density at radius 2 is 1.77 bits per heavy atom. The molecule has 168 valence electrons. The molecule has 0 bridgehead atoms. The Kier molecular flexibility index (Phi) is 8.25. The Balaban J connectivity index is 2.40. The predicted octanol–water partition coefficient (Wildman–Crippen LogP) is 3.00. The summed E-state index contributed by atoms with van der Waals surface area (Å²) < 4.78 is 27.0. The van der Waals surface area contributed by atoms with Crippen molar-refractivity contribution < 1.29 is 18.0 Å². The Morgan fingerprint density at radius 1 is 1.10 bits per heavy atom. The Labute approximate surface area is 192 Å². The van der Waals surface area contributed by atoms with Crippen LogP contribution < -0.4 is 9.62 Å². The average molecular weight is 510 g/mol. The van der Waals surface area contributed by atoms with Crippen LogP contribution in [0.5, 0.6) is 0 Å². The van der Waals surface area contributed by atoms with Crippen LogP contribution in [-0.4, -0.2) is 51.0 Å². The number of benzene rings is 2. The van der Waals surface area contributed by atoms with Gasteiger partial charge in [-0.3, -0.25) is 13.9 Å². The lowest BCUT2D eigenvalue weighted by molar-refractivity contribution is -0.139. The van der Waals surface area contributed by atoms with Gasteiger partial charge in [-0.25, -0.2) is 8.42 Å². The molecule has 9 heteroatoms. The molecule has 0 radical (unpaired) electrons. The molecular formula is C22H28BrN3O4S. The fourth-order valence-corrected chi connectivity index (χ4v) is 4.41. The van der Waals surface area contributed by atoms with E-state index in [2.05, 4.69) is 21.2 Å². The van der Waals surface area contributed by atoms with E-state index >= 15 is 0 Å². The Bertz CT molecular complexity index is 1070. The van der Waals surface area contributed by atoms with Crippen molar-refractivity contribution >= 4 is 43.5 Å². The van der Waals surface area contributed by atoms with E-state index in [9.17, 15) is 18.0 Å². The first kappa shape index (κ1) is 24.9. The predicted molar refractivity (Wildman–Crippen MR) is 126 cm³/mol. The van der Waals surface area contributed by atoms with Gasteiger partial charge in [0.15, 0.2) is 0 Å². The maximum absolute atomic E-state index is 13.3. The van der Waals surface area contributed by atoms with Crippen molar-refractivity contribution in [3.05, 3.63) is 63.6 Å². The highest BCUT2D eigenvalue weighted by atomic mass is 79.9. The van der Waals surface area contributed by atoms with E-state index in [0.29, 0.717) is 5.69 Å². The SMILES string of the molecule is CNC(=O)[C@H](C)N(Cc1cccc(Br)c1)C(=O)CN(c1ccc(C)c(C)c1)S(C)(=O)=O. The van der Waals surface area contributed by atoms with Gasteiger partial charge >= 0.3 is 0 Å². The summed E-state index contributed by atoms with van der Waals surface area (Å²) in [5.41, 5.74) is 3.17. The summed E-state index contributed by atoms with van der Waals surface area (Å²) in [6.45, 7) is 5.19. The number of rotatable bonds is 8. The van der Waals surface area contributed by atoms with E-state index in [-0.39, 0.29) is 12.5 Å². The first-order chi connectivity index (χ1) is 14.4. The average Bonchev–Trinajstić information content (AvgIpc) is 2.70. The third-order valence-electron chi connectivity index (χ3n) is 5.11. The summed E-state index contributed by atoms with van der Waals surface area (Å²) in [5.74, 6) is -0.805. The molecule has 31 heavy (non-hydrogen) atoms. The van der Waals surface area contributed by atoms with Gasteiger partial charge in [0.05, 0.1) is 11.9 Å². The van der Waals surface area contributed by atoms with E-state index in [0.717, 1.165) is 31.7 Å². The van der Waals surface area contributed by atoms with Crippen molar-refractivity contribution in [1.82, 2.24) is 10.2 Å². The molecule has 7 nitrogen and oxygen atoms in total. The smallest absolute Gasteiger partial charge is 0.244 e. The zero-order valence-electron chi connectivity index (χ0n) is 18.3. The van der Waals surface area contributed by atoms with Gasteiger partial charge in [-0.05, 0) is 61.7 Å². The first-order valence-electron chi connectivity index (χ1n) is 9.74. The number of halogens is 1. The molecule has 2 rings (SSSR count). The van der Waals surface area contributed by atoms with Crippen LogP contribution in [0.25, 0.3) is 0 Å². The molecule has 0 saturated heterocycles. The summed E-state index contributed by atoms with van der Waals surface area (Å²) in [6, 6.07) is 11.9. The van der Waals surface area contributed by atoms with Crippen molar-refractivity contribution in [2.45, 2.75) is 33.4 Å². The molecule has 0 aromatic heterocycles. The lowest BCUT2D eigenvalue weighted by Gasteiger charge is -2.31. The van der Waals surface area contributed by atoms with Crippen molar-refractivity contribution in [3.8, 4) is 0 Å². The summed E-state index contributed by atoms with van der Waals surface area (Å²) in [4.78, 5) is 27.0. The van der Waals surface area contributed by atoms with Crippen molar-refractivity contribution in [1.29, 1.82) is 0 Å². The number of carbonyl (C=O) groups excluding carboxylic acids is 2. The third-order valence-corrected chi connectivity index (χ3v) is 6.75. The third kappa shape index (κ3) is 6.54. The van der Waals surface area contributed by atoms with E-state index in [4.69, 9.17) is 0 Å². The normalized spacial score (nSPS) is 12.2. The molecule has 0 spiro atoms. The zero-order valence-corrected chi connectivity index (χ0v) is 20.7. The van der Waals surface area contributed by atoms with E-state index < -0.39 is 28.5 Å². The fraction of sp³-hybridized carbons (Fsp3) is 0.364. The highest BCUT2D eigenvalue weighted by molar-refractivity contribution is 9.10. The zero-order chi connectivity index (χ0) is 23.3. The highest BCUT2D eigenvalue weighted by Gasteiger charge is 2.29. The number of likely N-dealkylation sites (N-methyl/N-ethyl adjacent to an activating group) is 1. The van der Waals surface area contributed by atoms with Crippen molar-refractivity contribution in [2.75, 3.05) is 24.2 Å². The van der Waals surface area contributed by atoms with Crippen LogP contribution in [0.2, 0.25) is 0 Å². The molecule has 0 saturated carbocycles. The van der Waals surface area contributed by atoms with Gasteiger partial charge in [-0.15, -0.1) is 0 Å². The molecule has 0 unspecified atom stereocenters. The fourth-order valence-electron chi connectivity index (χ4n) is 3.12. The number of nitrogens with zero attached hydrogens (tertiary/aromatic N) is 2. The second-order valence-corrected chi connectivity index (χ2v) is 10.3. The standard InChI is InChI=1S/C22H28BrN3O4S/c1-15-9-10-20(11-16(15)2)26(31(5,29)30)14-21(27)25(17(3)22(28)24-4)13-18-7-6-8-19(23)12-18/h6-12,17H,13-14H2,1-5H3,(H,24,28)/t17-/m0/s1. The number of carbonyl (C=O) groups is 2. The molecule has 2 amide bonds. The summed E-state index contributed by atoms with van der Waals surface area (Å²) in [5, 5.41) is 2.55. The minimum Gasteiger partial charge on any atom is -0.357 e. The topological polar surface area (TPSA) is 86.8 Å². The van der Waals surface area contributed by atoms with Crippen LogP contribution in [0.1, 0.15) is 23.6 Å². The number of amides is 2. The van der Waals surface area contributed by atoms with E-state index in [1.54, 1.807) is 19.1 Å². The minimum absolute atomic E-state index is 0.164. The number of sulfonamides is 1. The Hall–Kier alpha value is -2.39. The van der Waals surface area contributed by atoms with Gasteiger partial charge in [0.2, 0.25) is 21.8 Å². The van der Waals surface area contributed by atoms with Crippen molar-refractivity contribution in [3.63, 3.8) is 0 Å². The summed E-state index contributed by atoms with van der Waals surface area (Å²) in [7, 11) is -2.23. The number of nitrogens with one attached hydrogen (secondary N) is 1. The van der Waals surface area contributed by atoms with Gasteiger partial charge in [-0.2, -0.15) is 0 Å². The largest absolute Gasteiger partial charge is 0.357 e. The minimum atomic E-state index is -3.73. The number of anilines is 1. The molecule has 2 aromatic carbocycles. The molecule has 0 aliphatic heterocycles. The lowest BCUT2D eigenvalue weighted by Crippen LogP contribution is -2.50. The molecule has 0 aliphatic rings. The molecular weight excluding hydrogens is 482 g/mol. The van der Waals surface area contributed by atoms with Crippen molar-refractivity contribution in [2.24, 2.45) is 0 Å². The second-order valence-electron chi connectivity index (χ2n) is 7.48. The molecule has 0 heterocycles. The molecule has 0 fully saturated rings. The molecule has 1 atom stereocenters. The highest BCUT2D eigenvalue weighted by Crippen LogP contribution is 2.22. The number of aryl methyl sites for hydroxylation is 2. The van der Waals surface area contributed by atoms with E-state index in [1.165, 1.54) is 11.9 Å². The summed E-state index contributed by atoms with van der Waals surface area (Å²) in [6.07, 6.45) is 1.07. The molecule has 0 aliphatic carbocycles. The Morgan fingerprint density at radius 3 is 2.32 bits per heavy atom. The quantitative estimate of drug-likeness (QED) is 0.592. The van der Waals surface area contributed by atoms with Crippen LogP contribution in [0.3, 0.4) is 0 Å².